The van der Waals surface area contributed by atoms with Crippen LogP contribution in [0.4, 0.5) is 5.69 Å². The molecule has 0 saturated carbocycles. The molecule has 2 aromatic carbocycles. The van der Waals surface area contributed by atoms with Crippen LogP contribution in [0.3, 0.4) is 0 Å². The standard InChI is InChI=1S/C20H26ClN3O4S2/c1-16-6-7-20(17(2)14-16)30(27,28)22-8-13-29(25,26)24-11-9-23(10-12-24)19-5-3-4-18(21)15-19/h3-7,14-15,22H,8-13H2,1-2H3. The average Bonchev–Trinajstić information content (AvgIpc) is 2.67. The molecule has 164 valence electrons. The Morgan fingerprint density at radius 3 is 2.30 bits per heavy atom. The van der Waals surface area contributed by atoms with Gasteiger partial charge in [0.05, 0.1) is 10.6 Å². The number of hydrogen-bond acceptors (Lipinski definition) is 5. The first-order valence-corrected chi connectivity index (χ1v) is 13.1. The molecule has 2 aromatic rings. The van der Waals surface area contributed by atoms with Gasteiger partial charge in [0, 0.05) is 43.4 Å². The van der Waals surface area contributed by atoms with Gasteiger partial charge in [-0.05, 0) is 43.7 Å². The maximum Gasteiger partial charge on any atom is 0.240 e. The molecule has 0 unspecified atom stereocenters. The van der Waals surface area contributed by atoms with Crippen molar-refractivity contribution in [2.75, 3.05) is 43.4 Å². The number of halogens is 1. The molecule has 0 amide bonds. The monoisotopic (exact) mass is 471 g/mol. The van der Waals surface area contributed by atoms with Crippen molar-refractivity contribution in [3.05, 3.63) is 58.6 Å². The zero-order valence-corrected chi connectivity index (χ0v) is 19.4. The quantitative estimate of drug-likeness (QED) is 0.670. The molecular weight excluding hydrogens is 446 g/mol. The lowest BCUT2D eigenvalue weighted by molar-refractivity contribution is 0.385. The van der Waals surface area contributed by atoms with Crippen LogP contribution in [-0.4, -0.2) is 59.6 Å². The Bertz CT molecular complexity index is 1110. The Morgan fingerprint density at radius 2 is 1.67 bits per heavy atom. The van der Waals surface area contributed by atoms with Crippen molar-refractivity contribution >= 4 is 37.3 Å². The van der Waals surface area contributed by atoms with Crippen LogP contribution in [0.5, 0.6) is 0 Å². The van der Waals surface area contributed by atoms with Crippen molar-refractivity contribution < 1.29 is 16.8 Å². The minimum atomic E-state index is -3.76. The second-order valence-electron chi connectivity index (χ2n) is 7.35. The highest BCUT2D eigenvalue weighted by molar-refractivity contribution is 7.90. The number of sulfonamides is 2. The zero-order chi connectivity index (χ0) is 21.9. The van der Waals surface area contributed by atoms with Crippen LogP contribution in [-0.2, 0) is 20.0 Å². The number of anilines is 1. The van der Waals surface area contributed by atoms with Crippen LogP contribution in [0, 0.1) is 13.8 Å². The molecule has 10 heteroatoms. The molecule has 30 heavy (non-hydrogen) atoms. The molecule has 1 N–H and O–H groups in total. The molecule has 0 spiro atoms. The maximum absolute atomic E-state index is 12.7. The number of piperazine rings is 1. The van der Waals surface area contributed by atoms with E-state index in [0.29, 0.717) is 36.8 Å². The molecule has 1 fully saturated rings. The minimum absolute atomic E-state index is 0.167. The molecule has 7 nitrogen and oxygen atoms in total. The first-order valence-electron chi connectivity index (χ1n) is 9.64. The third kappa shape index (κ3) is 5.53. The van der Waals surface area contributed by atoms with E-state index in [9.17, 15) is 16.8 Å². The van der Waals surface area contributed by atoms with Crippen molar-refractivity contribution in [2.45, 2.75) is 18.7 Å². The number of benzene rings is 2. The van der Waals surface area contributed by atoms with E-state index >= 15 is 0 Å². The van der Waals surface area contributed by atoms with Crippen molar-refractivity contribution in [3.63, 3.8) is 0 Å². The molecule has 0 aliphatic carbocycles. The average molecular weight is 472 g/mol. The molecule has 1 aliphatic rings. The summed E-state index contributed by atoms with van der Waals surface area (Å²) in [4.78, 5) is 2.25. The van der Waals surface area contributed by atoms with Gasteiger partial charge in [0.25, 0.3) is 0 Å². The highest BCUT2D eigenvalue weighted by Gasteiger charge is 2.27. The fourth-order valence-electron chi connectivity index (χ4n) is 3.51. The number of aryl methyl sites for hydroxylation is 2. The van der Waals surface area contributed by atoms with E-state index in [-0.39, 0.29) is 17.2 Å². The van der Waals surface area contributed by atoms with Gasteiger partial charge in [-0.1, -0.05) is 35.4 Å². The van der Waals surface area contributed by atoms with Crippen molar-refractivity contribution in [1.29, 1.82) is 0 Å². The number of rotatable bonds is 7. The summed E-state index contributed by atoms with van der Waals surface area (Å²) in [5.74, 6) is -0.283. The first-order chi connectivity index (χ1) is 14.1. The van der Waals surface area contributed by atoms with E-state index in [1.807, 2.05) is 25.1 Å². The molecule has 0 aromatic heterocycles. The normalized spacial score (nSPS) is 16.0. The SMILES string of the molecule is Cc1ccc(S(=O)(=O)NCCS(=O)(=O)N2CCN(c3cccc(Cl)c3)CC2)c(C)c1. The van der Waals surface area contributed by atoms with Crippen LogP contribution in [0.15, 0.2) is 47.4 Å². The minimum Gasteiger partial charge on any atom is -0.369 e. The second kappa shape index (κ2) is 9.23. The third-order valence-electron chi connectivity index (χ3n) is 5.08. The number of nitrogens with one attached hydrogen (secondary N) is 1. The zero-order valence-electron chi connectivity index (χ0n) is 17.0. The number of nitrogens with zero attached hydrogens (tertiary/aromatic N) is 2. The molecule has 0 atom stereocenters. The topological polar surface area (TPSA) is 86.8 Å². The van der Waals surface area contributed by atoms with E-state index in [0.717, 1.165) is 11.3 Å². The van der Waals surface area contributed by atoms with Gasteiger partial charge in [-0.25, -0.2) is 21.6 Å². The Balaban J connectivity index is 1.56. The van der Waals surface area contributed by atoms with Crippen molar-refractivity contribution in [2.24, 2.45) is 0 Å². The van der Waals surface area contributed by atoms with E-state index in [1.54, 1.807) is 25.1 Å². The van der Waals surface area contributed by atoms with Gasteiger partial charge in [0.2, 0.25) is 20.0 Å². The van der Waals surface area contributed by atoms with Gasteiger partial charge in [-0.2, -0.15) is 4.31 Å². The molecule has 1 aliphatic heterocycles. The molecular formula is C20H26ClN3O4S2. The summed E-state index contributed by atoms with van der Waals surface area (Å²) in [6, 6.07) is 12.5. The molecule has 1 saturated heterocycles. The lowest BCUT2D eigenvalue weighted by atomic mass is 10.2. The molecule has 1 heterocycles. The summed E-state index contributed by atoms with van der Waals surface area (Å²) in [6.45, 7) is 5.22. The fraction of sp³-hybridized carbons (Fsp3) is 0.400. The van der Waals surface area contributed by atoms with Crippen LogP contribution in [0.2, 0.25) is 5.02 Å². The lowest BCUT2D eigenvalue weighted by Gasteiger charge is -2.35. The van der Waals surface area contributed by atoms with Crippen molar-refractivity contribution in [3.8, 4) is 0 Å². The van der Waals surface area contributed by atoms with Gasteiger partial charge in [-0.15, -0.1) is 0 Å². The summed E-state index contributed by atoms with van der Waals surface area (Å²) < 4.78 is 54.2. The first kappa shape index (κ1) is 23.0. The van der Waals surface area contributed by atoms with Crippen LogP contribution in [0.1, 0.15) is 11.1 Å². The molecule has 0 radical (unpaired) electrons. The van der Waals surface area contributed by atoms with Gasteiger partial charge in [0.1, 0.15) is 0 Å². The van der Waals surface area contributed by atoms with E-state index in [4.69, 9.17) is 11.6 Å². The lowest BCUT2D eigenvalue weighted by Crippen LogP contribution is -2.50. The smallest absolute Gasteiger partial charge is 0.240 e. The van der Waals surface area contributed by atoms with Gasteiger partial charge in [-0.3, -0.25) is 0 Å². The summed E-state index contributed by atoms with van der Waals surface area (Å²) in [7, 11) is -7.33. The Labute approximate surface area is 183 Å². The van der Waals surface area contributed by atoms with Crippen LogP contribution >= 0.6 is 11.6 Å². The number of hydrogen-bond donors (Lipinski definition) is 1. The predicted molar refractivity (Wildman–Crippen MR) is 120 cm³/mol. The molecule has 0 bridgehead atoms. The van der Waals surface area contributed by atoms with Crippen molar-refractivity contribution in [1.82, 2.24) is 9.03 Å². The summed E-state index contributed by atoms with van der Waals surface area (Å²) in [5.41, 5.74) is 2.55. The largest absolute Gasteiger partial charge is 0.369 e. The van der Waals surface area contributed by atoms with E-state index in [1.165, 1.54) is 10.4 Å². The van der Waals surface area contributed by atoms with Gasteiger partial charge < -0.3 is 4.90 Å². The Hall–Kier alpha value is -1.65. The molecule has 3 rings (SSSR count). The van der Waals surface area contributed by atoms with Crippen LogP contribution < -0.4 is 9.62 Å². The predicted octanol–water partition coefficient (Wildman–Crippen LogP) is 2.39. The summed E-state index contributed by atoms with van der Waals surface area (Å²) in [5, 5.41) is 0.638. The highest BCUT2D eigenvalue weighted by atomic mass is 35.5. The Morgan fingerprint density at radius 1 is 0.967 bits per heavy atom. The highest BCUT2D eigenvalue weighted by Crippen LogP contribution is 2.21. The van der Waals surface area contributed by atoms with E-state index < -0.39 is 20.0 Å². The van der Waals surface area contributed by atoms with Crippen LogP contribution in [0.25, 0.3) is 0 Å². The summed E-state index contributed by atoms with van der Waals surface area (Å²) in [6.07, 6.45) is 0. The Kier molecular flexibility index (Phi) is 7.09. The fourth-order valence-corrected chi connectivity index (χ4v) is 6.42. The van der Waals surface area contributed by atoms with Gasteiger partial charge >= 0.3 is 0 Å². The maximum atomic E-state index is 12.7. The second-order valence-corrected chi connectivity index (χ2v) is 11.6. The third-order valence-corrected chi connectivity index (χ3v) is 8.81. The van der Waals surface area contributed by atoms with E-state index in [2.05, 4.69) is 9.62 Å². The van der Waals surface area contributed by atoms with Gasteiger partial charge in [0.15, 0.2) is 0 Å². The summed E-state index contributed by atoms with van der Waals surface area (Å²) >= 11 is 6.03.